The number of fused-ring (bicyclic) bond motifs is 5. The van der Waals surface area contributed by atoms with Crippen LogP contribution in [-0.4, -0.2) is 88.9 Å². The van der Waals surface area contributed by atoms with E-state index in [2.05, 4.69) is 30.0 Å². The molecule has 0 heterocycles. The van der Waals surface area contributed by atoms with Crippen molar-refractivity contribution in [1.82, 2.24) is 9.80 Å². The molecule has 9 nitrogen and oxygen atoms in total. The van der Waals surface area contributed by atoms with Crippen molar-refractivity contribution in [2.24, 2.45) is 17.3 Å². The summed E-state index contributed by atoms with van der Waals surface area (Å²) in [7, 11) is 1.71. The number of aliphatic carboxylic acids is 3. The molecule has 9 heteroatoms. The third-order valence-electron chi connectivity index (χ3n) is 9.30. The standard InChI is InChI=1S/C28H40N2O7/c1-28-11-10-21-20-7-5-19(37-2)14-18(20)4-6-22(21)23(28)8-9-24(28)30(17-27(35)36)13-3-12-29(15-25(31)32)16-26(33)34/h5,7,14,21-24H,3-4,6,8-13,15-17H2,1-2H3,(H,31,32)(H,33,34)(H,35,36)/t21?,22?,23?,24?,28-/m0/s1. The highest BCUT2D eigenvalue weighted by molar-refractivity contribution is 5.72. The lowest BCUT2D eigenvalue weighted by Gasteiger charge is -2.52. The quantitative estimate of drug-likeness (QED) is 0.384. The number of methoxy groups -OCH3 is 1. The van der Waals surface area contributed by atoms with Gasteiger partial charge >= 0.3 is 17.9 Å². The molecule has 0 aromatic heterocycles. The predicted molar refractivity (Wildman–Crippen MR) is 137 cm³/mol. The highest BCUT2D eigenvalue weighted by atomic mass is 16.5. The topological polar surface area (TPSA) is 128 Å². The molecule has 3 aliphatic carbocycles. The van der Waals surface area contributed by atoms with Crippen LogP contribution in [0.25, 0.3) is 0 Å². The van der Waals surface area contributed by atoms with Crippen LogP contribution in [0.2, 0.25) is 0 Å². The van der Waals surface area contributed by atoms with E-state index in [1.807, 2.05) is 0 Å². The van der Waals surface area contributed by atoms with Gasteiger partial charge in [0.25, 0.3) is 0 Å². The summed E-state index contributed by atoms with van der Waals surface area (Å²) < 4.78 is 5.44. The molecule has 1 aromatic carbocycles. The molecule has 0 spiro atoms. The third kappa shape index (κ3) is 5.93. The van der Waals surface area contributed by atoms with Crippen LogP contribution in [0.5, 0.6) is 5.75 Å². The van der Waals surface area contributed by atoms with Gasteiger partial charge in [0.2, 0.25) is 0 Å². The second kappa shape index (κ2) is 11.4. The molecule has 5 atom stereocenters. The molecular weight excluding hydrogens is 476 g/mol. The Morgan fingerprint density at radius 1 is 0.973 bits per heavy atom. The largest absolute Gasteiger partial charge is 0.497 e. The summed E-state index contributed by atoms with van der Waals surface area (Å²) in [6.07, 6.45) is 6.92. The van der Waals surface area contributed by atoms with Crippen molar-refractivity contribution < 1.29 is 34.4 Å². The van der Waals surface area contributed by atoms with Crippen LogP contribution in [0.15, 0.2) is 18.2 Å². The van der Waals surface area contributed by atoms with Crippen LogP contribution < -0.4 is 4.74 Å². The molecule has 0 radical (unpaired) electrons. The molecule has 37 heavy (non-hydrogen) atoms. The Morgan fingerprint density at radius 3 is 2.32 bits per heavy atom. The van der Waals surface area contributed by atoms with Gasteiger partial charge in [0.1, 0.15) is 5.75 Å². The lowest BCUT2D eigenvalue weighted by atomic mass is 9.55. The monoisotopic (exact) mass is 516 g/mol. The Hall–Kier alpha value is -2.65. The molecule has 0 amide bonds. The summed E-state index contributed by atoms with van der Waals surface area (Å²) in [6.45, 7) is 2.42. The van der Waals surface area contributed by atoms with Gasteiger partial charge < -0.3 is 20.1 Å². The zero-order valence-electron chi connectivity index (χ0n) is 21.9. The molecule has 2 saturated carbocycles. The Bertz CT molecular complexity index is 998. The highest BCUT2D eigenvalue weighted by Gasteiger charge is 2.56. The van der Waals surface area contributed by atoms with Gasteiger partial charge in [-0.25, -0.2) is 0 Å². The van der Waals surface area contributed by atoms with Crippen LogP contribution in [0.3, 0.4) is 0 Å². The summed E-state index contributed by atoms with van der Waals surface area (Å²) in [6, 6.07) is 6.65. The molecule has 0 saturated heterocycles. The number of ether oxygens (including phenoxy) is 1. The predicted octanol–water partition coefficient (Wildman–Crippen LogP) is 3.17. The minimum Gasteiger partial charge on any atom is -0.497 e. The number of carboxylic acid groups (broad SMARTS) is 3. The van der Waals surface area contributed by atoms with Crippen LogP contribution in [-0.2, 0) is 20.8 Å². The van der Waals surface area contributed by atoms with Gasteiger partial charge in [0.05, 0.1) is 26.7 Å². The van der Waals surface area contributed by atoms with E-state index in [1.54, 1.807) is 7.11 Å². The van der Waals surface area contributed by atoms with Crippen molar-refractivity contribution in [2.45, 2.75) is 63.8 Å². The average Bonchev–Trinajstić information content (AvgIpc) is 3.19. The molecular formula is C28H40N2O7. The Morgan fingerprint density at radius 2 is 1.68 bits per heavy atom. The number of carboxylic acids is 3. The fourth-order valence-electron chi connectivity index (χ4n) is 7.87. The van der Waals surface area contributed by atoms with E-state index in [0.29, 0.717) is 37.3 Å². The summed E-state index contributed by atoms with van der Waals surface area (Å²) in [5.41, 5.74) is 2.89. The van der Waals surface area contributed by atoms with E-state index in [4.69, 9.17) is 14.9 Å². The lowest BCUT2D eigenvalue weighted by molar-refractivity contribution is -0.142. The molecule has 2 fully saturated rings. The second-order valence-electron chi connectivity index (χ2n) is 11.3. The highest BCUT2D eigenvalue weighted by Crippen LogP contribution is 2.62. The Balaban J connectivity index is 1.46. The Labute approximate surface area is 218 Å². The van der Waals surface area contributed by atoms with Crippen LogP contribution >= 0.6 is 0 Å². The summed E-state index contributed by atoms with van der Waals surface area (Å²) in [4.78, 5) is 37.6. The maximum Gasteiger partial charge on any atom is 0.317 e. The van der Waals surface area contributed by atoms with Crippen molar-refractivity contribution in [1.29, 1.82) is 0 Å². The molecule has 0 aliphatic heterocycles. The van der Waals surface area contributed by atoms with Gasteiger partial charge in [0.15, 0.2) is 0 Å². The van der Waals surface area contributed by atoms with E-state index in [9.17, 15) is 19.5 Å². The second-order valence-corrected chi connectivity index (χ2v) is 11.3. The molecule has 4 unspecified atom stereocenters. The maximum absolute atomic E-state index is 11.8. The van der Waals surface area contributed by atoms with Gasteiger partial charge in [0, 0.05) is 19.1 Å². The number of hydrogen-bond acceptors (Lipinski definition) is 6. The van der Waals surface area contributed by atoms with Crippen LogP contribution in [0.4, 0.5) is 0 Å². The van der Waals surface area contributed by atoms with Gasteiger partial charge in [-0.05, 0) is 91.4 Å². The Kier molecular flexibility index (Phi) is 8.43. The molecule has 1 aromatic rings. The molecule has 3 N–H and O–H groups in total. The summed E-state index contributed by atoms with van der Waals surface area (Å²) in [5.74, 6) is -0.420. The number of benzene rings is 1. The molecule has 3 aliphatic rings. The van der Waals surface area contributed by atoms with Crippen molar-refractivity contribution >= 4 is 17.9 Å². The van der Waals surface area contributed by atoms with Crippen molar-refractivity contribution in [2.75, 3.05) is 39.8 Å². The summed E-state index contributed by atoms with van der Waals surface area (Å²) >= 11 is 0. The van der Waals surface area contributed by atoms with Gasteiger partial charge in [-0.2, -0.15) is 0 Å². The number of hydrogen-bond donors (Lipinski definition) is 3. The van der Waals surface area contributed by atoms with Gasteiger partial charge in [-0.1, -0.05) is 13.0 Å². The molecule has 0 bridgehead atoms. The lowest BCUT2D eigenvalue weighted by Crippen LogP contribution is -2.52. The number of rotatable bonds is 12. The first-order valence-corrected chi connectivity index (χ1v) is 13.4. The van der Waals surface area contributed by atoms with Gasteiger partial charge in [-0.15, -0.1) is 0 Å². The van der Waals surface area contributed by atoms with Crippen molar-refractivity contribution in [3.8, 4) is 5.75 Å². The van der Waals surface area contributed by atoms with Crippen molar-refractivity contribution in [3.63, 3.8) is 0 Å². The third-order valence-corrected chi connectivity index (χ3v) is 9.30. The van der Waals surface area contributed by atoms with Crippen molar-refractivity contribution in [3.05, 3.63) is 29.3 Å². The molecule has 4 rings (SSSR count). The first kappa shape index (κ1) is 27.4. The molecule has 204 valence electrons. The maximum atomic E-state index is 11.8. The van der Waals surface area contributed by atoms with Gasteiger partial charge in [-0.3, -0.25) is 24.2 Å². The summed E-state index contributed by atoms with van der Waals surface area (Å²) in [5, 5.41) is 27.9. The first-order valence-electron chi connectivity index (χ1n) is 13.4. The minimum absolute atomic E-state index is 0.0302. The number of carbonyl (C=O) groups is 3. The minimum atomic E-state index is -1.07. The fraction of sp³-hybridized carbons (Fsp3) is 0.679. The normalized spacial score (nSPS) is 28.4. The fourth-order valence-corrected chi connectivity index (χ4v) is 7.87. The number of nitrogens with zero attached hydrogens (tertiary/aromatic N) is 2. The average molecular weight is 517 g/mol. The first-order chi connectivity index (χ1) is 17.6. The van der Waals surface area contributed by atoms with E-state index < -0.39 is 17.9 Å². The SMILES string of the molecule is COc1ccc2c(c1)CCC1C2CC[C@@]2(C)C1CCC2N(CCCN(CC(=O)O)CC(=O)O)CC(=O)O. The smallest absolute Gasteiger partial charge is 0.317 e. The zero-order valence-corrected chi connectivity index (χ0v) is 21.9. The van der Waals surface area contributed by atoms with E-state index in [1.165, 1.54) is 16.0 Å². The zero-order chi connectivity index (χ0) is 26.7. The van der Waals surface area contributed by atoms with E-state index in [0.717, 1.165) is 44.3 Å². The number of aryl methyl sites for hydroxylation is 1. The van der Waals surface area contributed by atoms with E-state index >= 15 is 0 Å². The van der Waals surface area contributed by atoms with Crippen LogP contribution in [0.1, 0.15) is 62.5 Å². The van der Waals surface area contributed by atoms with Crippen LogP contribution in [0, 0.1) is 17.3 Å². The van der Waals surface area contributed by atoms with E-state index in [-0.39, 0.29) is 31.1 Å².